The Balaban J connectivity index is 2.93. The van der Waals surface area contributed by atoms with Gasteiger partial charge in [-0.3, -0.25) is 0 Å². The topological polar surface area (TPSA) is 40.5 Å². The average Bonchev–Trinajstić information content (AvgIpc) is 2.40. The lowest BCUT2D eigenvalue weighted by atomic mass is 9.97. The van der Waals surface area contributed by atoms with Gasteiger partial charge in [0.05, 0.1) is 0 Å². The molecule has 0 amide bonds. The lowest BCUT2D eigenvalue weighted by Crippen LogP contribution is -1.98. The first-order valence-corrected chi connectivity index (χ1v) is 12.0. The van der Waals surface area contributed by atoms with Gasteiger partial charge in [0.25, 0.3) is 0 Å². The van der Waals surface area contributed by atoms with Crippen LogP contribution in [0, 0.1) is 0 Å². The van der Waals surface area contributed by atoms with Crippen LogP contribution in [0.25, 0.3) is 0 Å². The molecule has 0 spiro atoms. The summed E-state index contributed by atoms with van der Waals surface area (Å²) in [4.78, 5) is 20.2. The van der Waals surface area contributed by atoms with Gasteiger partial charge in [0, 0.05) is 4.90 Å². The SMILES string of the molecule is CCCCCc1cccc(SP(O)(O)=S)c1CCCCC. The zero-order chi connectivity index (χ0) is 15.7. The van der Waals surface area contributed by atoms with Crippen LogP contribution >= 0.6 is 17.1 Å². The number of hydrogen-bond donors (Lipinski definition) is 2. The number of unbranched alkanes of at least 4 members (excludes halogenated alkanes) is 4. The van der Waals surface area contributed by atoms with Gasteiger partial charge in [-0.1, -0.05) is 51.7 Å². The first-order valence-electron chi connectivity index (χ1n) is 7.83. The van der Waals surface area contributed by atoms with E-state index in [-0.39, 0.29) is 0 Å². The summed E-state index contributed by atoms with van der Waals surface area (Å²) in [6, 6.07) is 6.17. The molecule has 0 fully saturated rings. The standard InChI is InChI=1S/C16H27O2PS2/c1-3-5-7-10-14-11-9-13-16(21-19(17,18)20)15(14)12-8-6-4-2/h9,11,13H,3-8,10,12H2,1-2H3,(H2,17,18,20). The van der Waals surface area contributed by atoms with Crippen molar-refractivity contribution in [1.29, 1.82) is 0 Å². The summed E-state index contributed by atoms with van der Waals surface area (Å²) in [7, 11) is 0. The van der Waals surface area contributed by atoms with Crippen LogP contribution in [-0.4, -0.2) is 9.79 Å². The van der Waals surface area contributed by atoms with Crippen molar-refractivity contribution in [2.24, 2.45) is 0 Å². The third-order valence-electron chi connectivity index (χ3n) is 3.53. The fourth-order valence-electron chi connectivity index (χ4n) is 2.46. The first-order chi connectivity index (χ1) is 9.98. The Morgan fingerprint density at radius 2 is 1.62 bits per heavy atom. The molecule has 0 saturated carbocycles. The van der Waals surface area contributed by atoms with Crippen LogP contribution in [0.15, 0.2) is 23.1 Å². The van der Waals surface area contributed by atoms with Crippen molar-refractivity contribution >= 4 is 28.9 Å². The highest BCUT2D eigenvalue weighted by Crippen LogP contribution is 2.56. The molecule has 0 aromatic heterocycles. The minimum absolute atomic E-state index is 0.966. The number of hydrogen-bond acceptors (Lipinski definition) is 2. The smallest absolute Gasteiger partial charge is 0.246 e. The molecule has 0 radical (unpaired) electrons. The molecule has 0 atom stereocenters. The van der Waals surface area contributed by atoms with Crippen LogP contribution in [0.1, 0.15) is 63.5 Å². The van der Waals surface area contributed by atoms with Crippen LogP contribution < -0.4 is 0 Å². The largest absolute Gasteiger partial charge is 0.337 e. The van der Waals surface area contributed by atoms with Crippen molar-refractivity contribution in [2.75, 3.05) is 0 Å². The van der Waals surface area contributed by atoms with E-state index >= 15 is 0 Å². The van der Waals surface area contributed by atoms with E-state index in [1.54, 1.807) is 0 Å². The van der Waals surface area contributed by atoms with Gasteiger partial charge in [-0.2, -0.15) is 0 Å². The number of rotatable bonds is 10. The lowest BCUT2D eigenvalue weighted by molar-refractivity contribution is 0.502. The second-order valence-corrected chi connectivity index (χ2v) is 11.3. The van der Waals surface area contributed by atoms with Gasteiger partial charge in [0.2, 0.25) is 5.69 Å². The Kier molecular flexibility index (Phi) is 9.15. The minimum Gasteiger partial charge on any atom is -0.337 e. The van der Waals surface area contributed by atoms with Crippen molar-refractivity contribution in [3.8, 4) is 0 Å². The average molecular weight is 346 g/mol. The van der Waals surface area contributed by atoms with E-state index in [1.807, 2.05) is 12.1 Å². The molecule has 5 heteroatoms. The van der Waals surface area contributed by atoms with E-state index in [2.05, 4.69) is 19.9 Å². The molecule has 0 unspecified atom stereocenters. The van der Waals surface area contributed by atoms with E-state index in [1.165, 1.54) is 43.2 Å². The molecule has 0 aliphatic heterocycles. The maximum absolute atomic E-state index is 9.62. The highest BCUT2D eigenvalue weighted by atomic mass is 32.9. The van der Waals surface area contributed by atoms with Crippen LogP contribution in [0.3, 0.4) is 0 Å². The highest BCUT2D eigenvalue weighted by molar-refractivity contribution is 8.67. The van der Waals surface area contributed by atoms with Crippen molar-refractivity contribution in [3.63, 3.8) is 0 Å². The number of aryl methyl sites for hydroxylation is 1. The van der Waals surface area contributed by atoms with Crippen molar-refractivity contribution in [3.05, 3.63) is 29.3 Å². The Hall–Kier alpha value is 0.140. The third-order valence-corrected chi connectivity index (χ3v) is 6.32. The van der Waals surface area contributed by atoms with Gasteiger partial charge < -0.3 is 9.79 Å². The molecule has 2 nitrogen and oxygen atoms in total. The zero-order valence-corrected chi connectivity index (χ0v) is 15.6. The predicted octanol–water partition coefficient (Wildman–Crippen LogP) is 5.45. The maximum atomic E-state index is 9.62. The summed E-state index contributed by atoms with van der Waals surface area (Å²) in [5, 5.41) is 0. The molecule has 0 aliphatic carbocycles. The molecule has 0 saturated heterocycles. The second kappa shape index (κ2) is 10.0. The van der Waals surface area contributed by atoms with Gasteiger partial charge >= 0.3 is 0 Å². The predicted molar refractivity (Wildman–Crippen MR) is 97.5 cm³/mol. The second-order valence-electron chi connectivity index (χ2n) is 5.39. The molecule has 1 aromatic rings. The molecule has 2 N–H and O–H groups in total. The Labute approximate surface area is 138 Å². The molecular weight excluding hydrogens is 319 g/mol. The third kappa shape index (κ3) is 7.80. The summed E-state index contributed by atoms with van der Waals surface area (Å²) >= 11 is 5.87. The fourth-order valence-corrected chi connectivity index (χ4v) is 5.20. The Morgan fingerprint density at radius 1 is 1.00 bits per heavy atom. The van der Waals surface area contributed by atoms with Crippen LogP contribution in [-0.2, 0) is 24.6 Å². The fraction of sp³-hybridized carbons (Fsp3) is 0.625. The van der Waals surface area contributed by atoms with Crippen molar-refractivity contribution in [1.82, 2.24) is 0 Å². The maximum Gasteiger partial charge on any atom is 0.246 e. The zero-order valence-electron chi connectivity index (χ0n) is 13.0. The van der Waals surface area contributed by atoms with E-state index in [9.17, 15) is 9.79 Å². The van der Waals surface area contributed by atoms with Crippen LogP contribution in [0.2, 0.25) is 0 Å². The van der Waals surface area contributed by atoms with Crippen molar-refractivity contribution in [2.45, 2.75) is 70.1 Å². The van der Waals surface area contributed by atoms with Crippen molar-refractivity contribution < 1.29 is 9.79 Å². The van der Waals surface area contributed by atoms with E-state index in [0.717, 1.165) is 35.5 Å². The van der Waals surface area contributed by atoms with Gasteiger partial charge in [-0.15, -0.1) is 0 Å². The Morgan fingerprint density at radius 3 is 2.19 bits per heavy atom. The summed E-state index contributed by atoms with van der Waals surface area (Å²) in [5.41, 5.74) is -0.619. The molecule has 0 bridgehead atoms. The van der Waals surface area contributed by atoms with E-state index < -0.39 is 5.69 Å². The summed E-state index contributed by atoms with van der Waals surface area (Å²) < 4.78 is 0. The summed E-state index contributed by atoms with van der Waals surface area (Å²) in [5.74, 6) is 0. The molecule has 21 heavy (non-hydrogen) atoms. The van der Waals surface area contributed by atoms with Gasteiger partial charge in [-0.25, -0.2) is 0 Å². The van der Waals surface area contributed by atoms with Gasteiger partial charge in [-0.05, 0) is 66.1 Å². The quantitative estimate of drug-likeness (QED) is 0.436. The minimum atomic E-state index is -3.26. The summed E-state index contributed by atoms with van der Waals surface area (Å²) in [6.07, 6.45) is 9.28. The molecule has 1 rings (SSSR count). The molecule has 0 aliphatic rings. The normalized spacial score (nSPS) is 11.8. The van der Waals surface area contributed by atoms with E-state index in [0.29, 0.717) is 0 Å². The van der Waals surface area contributed by atoms with Crippen LogP contribution in [0.5, 0.6) is 0 Å². The first kappa shape index (κ1) is 19.2. The van der Waals surface area contributed by atoms with Crippen LogP contribution in [0.4, 0.5) is 0 Å². The van der Waals surface area contributed by atoms with E-state index in [4.69, 9.17) is 11.8 Å². The molecular formula is C16H27O2PS2. The summed E-state index contributed by atoms with van der Waals surface area (Å²) in [6.45, 7) is 4.41. The van der Waals surface area contributed by atoms with Gasteiger partial charge in [0.1, 0.15) is 0 Å². The van der Waals surface area contributed by atoms with Gasteiger partial charge in [0.15, 0.2) is 0 Å². The lowest BCUT2D eigenvalue weighted by Gasteiger charge is -2.16. The molecule has 0 heterocycles. The number of benzene rings is 1. The monoisotopic (exact) mass is 346 g/mol. The highest BCUT2D eigenvalue weighted by Gasteiger charge is 2.15. The Bertz CT molecular complexity index is 471. The molecule has 120 valence electrons. The molecule has 1 aromatic carbocycles.